The predicted molar refractivity (Wildman–Crippen MR) is 151 cm³/mol. The molecule has 3 fully saturated rings. The third kappa shape index (κ3) is 4.61. The van der Waals surface area contributed by atoms with E-state index in [0.717, 1.165) is 12.8 Å². The minimum atomic E-state index is -1.14. The Kier molecular flexibility index (Phi) is 8.38. The van der Waals surface area contributed by atoms with Gasteiger partial charge < -0.3 is 24.5 Å². The van der Waals surface area contributed by atoms with Crippen LogP contribution in [0.2, 0.25) is 0 Å². The van der Waals surface area contributed by atoms with Crippen molar-refractivity contribution in [2.45, 2.75) is 82.7 Å². The molecular formula is C31H43N3O5. The lowest BCUT2D eigenvalue weighted by Crippen LogP contribution is -2.59. The number of fused-ring (bicyclic) bond motifs is 1. The maximum Gasteiger partial charge on any atom is 0.248 e. The minimum Gasteiger partial charge on any atom is -0.394 e. The average Bonchev–Trinajstić information content (AvgIpc) is 3.50. The fourth-order valence-electron chi connectivity index (χ4n) is 7.17. The normalized spacial score (nSPS) is 30.5. The number of anilines is 1. The third-order valence-corrected chi connectivity index (χ3v) is 8.95. The first-order valence-corrected chi connectivity index (χ1v) is 14.1. The molecule has 3 saturated heterocycles. The van der Waals surface area contributed by atoms with Crippen LogP contribution in [0.25, 0.3) is 0 Å². The second kappa shape index (κ2) is 11.3. The van der Waals surface area contributed by atoms with Gasteiger partial charge in [0.1, 0.15) is 11.6 Å². The van der Waals surface area contributed by atoms with Crippen LogP contribution in [-0.2, 0) is 19.1 Å². The highest BCUT2D eigenvalue weighted by Gasteiger charge is 2.78. The summed E-state index contributed by atoms with van der Waals surface area (Å²) in [7, 11) is 0. The number of para-hydroxylation sites is 1. The van der Waals surface area contributed by atoms with Gasteiger partial charge in [0.05, 0.1) is 30.1 Å². The summed E-state index contributed by atoms with van der Waals surface area (Å²) >= 11 is 0. The molecule has 4 rings (SSSR count). The standard InChI is InChI=1S/C31H43N3O5/c1-7-13-21(4)32(18-8-2)29(38)26-31-17-16-30(6,39-31)24(25(31)28(37)34(26)22(5)20-35)27(36)33(19-9-3)23-14-11-10-12-15-23/h8-12,14-15,21-22,24-26,35H,2-3,7,13,16-20H2,1,4-6H3/t21?,22-,24-,25+,26?,30+,31?/m1/s1. The number of carbonyl (C=O) groups is 3. The molecule has 3 aliphatic rings. The summed E-state index contributed by atoms with van der Waals surface area (Å²) in [6.45, 7) is 15.7. The molecule has 1 aromatic carbocycles. The molecule has 7 atom stereocenters. The molecule has 0 radical (unpaired) electrons. The fraction of sp³-hybridized carbons (Fsp3) is 0.581. The van der Waals surface area contributed by atoms with E-state index in [1.165, 1.54) is 4.90 Å². The molecule has 3 unspecified atom stereocenters. The van der Waals surface area contributed by atoms with Gasteiger partial charge >= 0.3 is 0 Å². The Hall–Kier alpha value is -2.97. The van der Waals surface area contributed by atoms with Gasteiger partial charge in [0.25, 0.3) is 0 Å². The molecule has 8 heteroatoms. The van der Waals surface area contributed by atoms with E-state index in [2.05, 4.69) is 20.1 Å². The van der Waals surface area contributed by atoms with Gasteiger partial charge in [-0.25, -0.2) is 0 Å². The Morgan fingerprint density at radius 3 is 2.41 bits per heavy atom. The van der Waals surface area contributed by atoms with Crippen LogP contribution >= 0.6 is 0 Å². The van der Waals surface area contributed by atoms with Crippen LogP contribution in [0, 0.1) is 11.8 Å². The lowest BCUT2D eigenvalue weighted by atomic mass is 9.66. The monoisotopic (exact) mass is 537 g/mol. The molecule has 1 spiro atoms. The van der Waals surface area contributed by atoms with E-state index in [1.54, 1.807) is 28.9 Å². The SMILES string of the molecule is C=CCN(C(=O)[C@H]1[C@H]2C(=O)N([C@H](C)CO)C(C(=O)N(CC=C)C(C)CCC)C23CC[C@]1(C)O3)c1ccccc1. The number of likely N-dealkylation sites (tertiary alicyclic amines) is 1. The molecule has 8 nitrogen and oxygen atoms in total. The third-order valence-electron chi connectivity index (χ3n) is 8.95. The second-order valence-corrected chi connectivity index (χ2v) is 11.5. The highest BCUT2D eigenvalue weighted by molar-refractivity contribution is 6.03. The van der Waals surface area contributed by atoms with Crippen molar-refractivity contribution in [2.75, 3.05) is 24.6 Å². The summed E-state index contributed by atoms with van der Waals surface area (Å²) in [5.74, 6) is -2.32. The van der Waals surface area contributed by atoms with Gasteiger partial charge in [0.15, 0.2) is 0 Å². The van der Waals surface area contributed by atoms with E-state index >= 15 is 0 Å². The van der Waals surface area contributed by atoms with E-state index in [9.17, 15) is 19.5 Å². The number of carbonyl (C=O) groups excluding carboxylic acids is 3. The van der Waals surface area contributed by atoms with E-state index in [-0.39, 0.29) is 36.9 Å². The zero-order chi connectivity index (χ0) is 28.5. The zero-order valence-electron chi connectivity index (χ0n) is 23.7. The van der Waals surface area contributed by atoms with E-state index in [4.69, 9.17) is 4.74 Å². The molecule has 3 amide bonds. The molecule has 1 N–H and O–H groups in total. The van der Waals surface area contributed by atoms with Crippen molar-refractivity contribution < 1.29 is 24.2 Å². The van der Waals surface area contributed by atoms with Gasteiger partial charge in [-0.2, -0.15) is 0 Å². The van der Waals surface area contributed by atoms with E-state index < -0.39 is 35.1 Å². The van der Waals surface area contributed by atoms with Crippen LogP contribution in [0.3, 0.4) is 0 Å². The van der Waals surface area contributed by atoms with Crippen molar-refractivity contribution in [3.63, 3.8) is 0 Å². The molecule has 3 aliphatic heterocycles. The molecule has 0 saturated carbocycles. The summed E-state index contributed by atoms with van der Waals surface area (Å²) < 4.78 is 6.78. The smallest absolute Gasteiger partial charge is 0.248 e. The molecular weight excluding hydrogens is 494 g/mol. The van der Waals surface area contributed by atoms with Crippen LogP contribution < -0.4 is 4.90 Å². The molecule has 39 heavy (non-hydrogen) atoms. The van der Waals surface area contributed by atoms with Crippen molar-refractivity contribution in [3.8, 4) is 0 Å². The number of rotatable bonds is 12. The van der Waals surface area contributed by atoms with E-state index in [1.807, 2.05) is 44.2 Å². The highest BCUT2D eigenvalue weighted by atomic mass is 16.5. The summed E-state index contributed by atoms with van der Waals surface area (Å²) in [5.41, 5.74) is -1.32. The number of aliphatic hydroxyl groups excluding tert-OH is 1. The number of benzene rings is 1. The Balaban J connectivity index is 1.81. The molecule has 3 heterocycles. The molecule has 1 aromatic rings. The lowest BCUT2D eigenvalue weighted by molar-refractivity contribution is -0.155. The van der Waals surface area contributed by atoms with Crippen LogP contribution in [0.1, 0.15) is 53.4 Å². The Morgan fingerprint density at radius 1 is 1.15 bits per heavy atom. The van der Waals surface area contributed by atoms with Crippen molar-refractivity contribution in [3.05, 3.63) is 55.6 Å². The zero-order valence-corrected chi connectivity index (χ0v) is 23.7. The maximum absolute atomic E-state index is 14.4. The van der Waals surface area contributed by atoms with Crippen LogP contribution in [0.15, 0.2) is 55.6 Å². The van der Waals surface area contributed by atoms with Crippen molar-refractivity contribution in [1.82, 2.24) is 9.80 Å². The Labute approximate surface area is 232 Å². The second-order valence-electron chi connectivity index (χ2n) is 11.5. The van der Waals surface area contributed by atoms with Gasteiger partial charge in [-0.05, 0) is 52.2 Å². The summed E-state index contributed by atoms with van der Waals surface area (Å²) in [6, 6.07) is 7.73. The first-order chi connectivity index (χ1) is 18.6. The first-order valence-electron chi connectivity index (χ1n) is 14.1. The Bertz CT molecular complexity index is 1110. The van der Waals surface area contributed by atoms with Gasteiger partial charge in [0, 0.05) is 24.8 Å². The van der Waals surface area contributed by atoms with E-state index in [0.29, 0.717) is 25.1 Å². The Morgan fingerprint density at radius 2 is 1.82 bits per heavy atom. The van der Waals surface area contributed by atoms with Gasteiger partial charge in [-0.1, -0.05) is 43.7 Å². The quantitative estimate of drug-likeness (QED) is 0.412. The summed E-state index contributed by atoms with van der Waals surface area (Å²) in [4.78, 5) is 48.0. The minimum absolute atomic E-state index is 0.0647. The number of nitrogens with zero attached hydrogens (tertiary/aromatic N) is 3. The predicted octanol–water partition coefficient (Wildman–Crippen LogP) is 3.55. The number of aliphatic hydroxyl groups is 1. The average molecular weight is 538 g/mol. The largest absolute Gasteiger partial charge is 0.394 e. The lowest BCUT2D eigenvalue weighted by Gasteiger charge is -2.40. The van der Waals surface area contributed by atoms with Crippen molar-refractivity contribution in [1.29, 1.82) is 0 Å². The van der Waals surface area contributed by atoms with Gasteiger partial charge in [-0.3, -0.25) is 14.4 Å². The highest BCUT2D eigenvalue weighted by Crippen LogP contribution is 2.64. The van der Waals surface area contributed by atoms with Crippen LogP contribution in [-0.4, -0.2) is 81.7 Å². The van der Waals surface area contributed by atoms with Crippen molar-refractivity contribution >= 4 is 23.4 Å². The number of ether oxygens (including phenoxy) is 1. The molecule has 0 aliphatic carbocycles. The van der Waals surface area contributed by atoms with Crippen LogP contribution in [0.5, 0.6) is 0 Å². The number of hydrogen-bond donors (Lipinski definition) is 1. The molecule has 0 aromatic heterocycles. The topological polar surface area (TPSA) is 90.4 Å². The first kappa shape index (κ1) is 29.0. The fourth-order valence-corrected chi connectivity index (χ4v) is 7.17. The van der Waals surface area contributed by atoms with Crippen LogP contribution in [0.4, 0.5) is 5.69 Å². The molecule has 2 bridgehead atoms. The maximum atomic E-state index is 14.4. The van der Waals surface area contributed by atoms with Crippen molar-refractivity contribution in [2.24, 2.45) is 11.8 Å². The summed E-state index contributed by atoms with van der Waals surface area (Å²) in [5, 5.41) is 10.1. The van der Waals surface area contributed by atoms with Gasteiger partial charge in [0.2, 0.25) is 17.7 Å². The number of amides is 3. The molecule has 212 valence electrons. The number of hydrogen-bond acceptors (Lipinski definition) is 5. The van der Waals surface area contributed by atoms with Gasteiger partial charge in [-0.15, -0.1) is 13.2 Å². The summed E-state index contributed by atoms with van der Waals surface area (Å²) in [6.07, 6.45) is 6.12.